The molecule has 14 nitrogen and oxygen atoms in total. The molecule has 0 fully saturated rings. The highest BCUT2D eigenvalue weighted by molar-refractivity contribution is 7.94. The lowest BCUT2D eigenvalue weighted by atomic mass is 10.1. The molecule has 7 N–H and O–H groups in total. The monoisotopic (exact) mass is 550 g/mol. The summed E-state index contributed by atoms with van der Waals surface area (Å²) in [5.74, 6) is -0.522. The normalized spacial score (nSPS) is 12.5. The average molecular weight is 551 g/mol. The summed E-state index contributed by atoms with van der Waals surface area (Å²) in [5.41, 5.74) is 4.30. The third-order valence-corrected chi connectivity index (χ3v) is 6.70. The van der Waals surface area contributed by atoms with Crippen LogP contribution in [0.25, 0.3) is 10.8 Å². The minimum atomic E-state index is -4.91. The second-order valence-corrected chi connectivity index (χ2v) is 10.1. The minimum absolute atomic E-state index is 0.00541. The van der Waals surface area contributed by atoms with E-state index in [1.165, 1.54) is 12.1 Å². The van der Waals surface area contributed by atoms with Crippen LogP contribution >= 0.6 is 12.0 Å². The smallest absolute Gasteiger partial charge is 0.296 e. The van der Waals surface area contributed by atoms with Gasteiger partial charge >= 0.3 is 0 Å². The van der Waals surface area contributed by atoms with Gasteiger partial charge in [-0.05, 0) is 41.8 Å². The summed E-state index contributed by atoms with van der Waals surface area (Å²) in [6.45, 7) is -1.04. The number of rotatable bonds is 9. The zero-order valence-corrected chi connectivity index (χ0v) is 19.4. The number of benzene rings is 3. The van der Waals surface area contributed by atoms with Crippen LogP contribution in [0.15, 0.2) is 61.3 Å². The molecule has 0 saturated carbocycles. The summed E-state index contributed by atoms with van der Waals surface area (Å²) in [6.07, 6.45) is 0. The maximum Gasteiger partial charge on any atom is 0.296 e. The topological polar surface area (TPSA) is 230 Å². The molecule has 35 heavy (non-hydrogen) atoms. The lowest BCUT2D eigenvalue weighted by molar-refractivity contribution is -0.432. The number of azo groups is 1. The van der Waals surface area contributed by atoms with Crippen molar-refractivity contribution in [1.82, 2.24) is 0 Å². The molecule has 0 atom stereocenters. The first-order valence-electron chi connectivity index (χ1n) is 8.91. The van der Waals surface area contributed by atoms with Crippen LogP contribution in [-0.2, 0) is 29.6 Å². The Morgan fingerprint density at radius 2 is 1.71 bits per heavy atom. The summed E-state index contributed by atoms with van der Waals surface area (Å²) < 4.78 is 83.2. The summed E-state index contributed by atoms with van der Waals surface area (Å²) in [5, 5.41) is 31.8. The fourth-order valence-corrected chi connectivity index (χ4v) is 4.72. The molecule has 3 aromatic rings. The number of phenolic OH excluding ortho intramolecular Hbond substituents is 1. The van der Waals surface area contributed by atoms with Crippen LogP contribution in [0.3, 0.4) is 0 Å². The van der Waals surface area contributed by atoms with E-state index in [1.807, 2.05) is 0 Å². The molecule has 0 aliphatic carbocycles. The van der Waals surface area contributed by atoms with Crippen LogP contribution in [-0.4, -0.2) is 43.1 Å². The SMILES string of the molecule is Nc1c(S(=O)(=O)O)cc2cc(SOOO)cc(O)c2c1N=Nc1ccc(NCF)cc1S(=O)(=O)O. The zero-order chi connectivity index (χ0) is 26.0. The number of halogens is 1. The van der Waals surface area contributed by atoms with Crippen LogP contribution in [0.2, 0.25) is 0 Å². The van der Waals surface area contributed by atoms with E-state index in [9.17, 15) is 35.4 Å². The van der Waals surface area contributed by atoms with Crippen molar-refractivity contribution in [2.24, 2.45) is 10.2 Å². The van der Waals surface area contributed by atoms with Gasteiger partial charge in [-0.15, -0.1) is 14.6 Å². The molecule has 18 heteroatoms. The van der Waals surface area contributed by atoms with Gasteiger partial charge in [0, 0.05) is 10.6 Å². The molecule has 0 unspecified atom stereocenters. The quantitative estimate of drug-likeness (QED) is 0.0424. The molecule has 188 valence electrons. The molecule has 0 aliphatic rings. The lowest BCUT2D eigenvalue weighted by Gasteiger charge is -2.12. The van der Waals surface area contributed by atoms with Crippen molar-refractivity contribution in [3.05, 3.63) is 36.4 Å². The van der Waals surface area contributed by atoms with E-state index < -0.39 is 59.6 Å². The number of nitrogen functional groups attached to an aromatic ring is 1. The number of nitrogens with zero attached hydrogens (tertiary/aromatic N) is 2. The van der Waals surface area contributed by atoms with Crippen LogP contribution in [0.4, 0.5) is 27.1 Å². The Kier molecular flexibility index (Phi) is 7.77. The maximum atomic E-state index is 12.5. The highest BCUT2D eigenvalue weighted by Crippen LogP contribution is 2.44. The number of fused-ring (bicyclic) bond motifs is 1. The average Bonchev–Trinajstić information content (AvgIpc) is 2.76. The minimum Gasteiger partial charge on any atom is -0.507 e. The summed E-state index contributed by atoms with van der Waals surface area (Å²) in [6, 6.07) is 6.46. The van der Waals surface area contributed by atoms with Gasteiger partial charge in [0.2, 0.25) is 0 Å². The molecule has 0 aliphatic heterocycles. The highest BCUT2D eigenvalue weighted by Gasteiger charge is 2.23. The Morgan fingerprint density at radius 1 is 1.03 bits per heavy atom. The van der Waals surface area contributed by atoms with Crippen molar-refractivity contribution in [2.75, 3.05) is 17.8 Å². The van der Waals surface area contributed by atoms with E-state index in [4.69, 9.17) is 11.0 Å². The van der Waals surface area contributed by atoms with E-state index in [1.54, 1.807) is 0 Å². The standard InChI is InChI=1S/C17H15FN4O10S3/c18-7-20-9-1-2-11(13(5-9)34(25,26)27)21-22-17-15-8(4-14(16(17)19)35(28,29)30)3-10(6-12(15)23)33-32-31-24/h1-6,20,23-24H,7,19H2,(H,25,26,27)(H,28,29,30). The van der Waals surface area contributed by atoms with E-state index in [0.717, 1.165) is 24.3 Å². The van der Waals surface area contributed by atoms with Gasteiger partial charge in [0.1, 0.15) is 26.9 Å². The van der Waals surface area contributed by atoms with Crippen molar-refractivity contribution < 1.29 is 50.1 Å². The number of hydrogen-bond acceptors (Lipinski definition) is 13. The maximum absolute atomic E-state index is 12.5. The molecule has 0 amide bonds. The number of hydrogen-bond donors (Lipinski definition) is 6. The van der Waals surface area contributed by atoms with Crippen LogP contribution in [0.5, 0.6) is 5.75 Å². The van der Waals surface area contributed by atoms with E-state index in [0.29, 0.717) is 12.0 Å². The van der Waals surface area contributed by atoms with Crippen LogP contribution < -0.4 is 11.1 Å². The molecule has 0 bridgehead atoms. The lowest BCUT2D eigenvalue weighted by Crippen LogP contribution is -2.04. The molecule has 0 spiro atoms. The molecular weight excluding hydrogens is 535 g/mol. The molecule has 3 rings (SSSR count). The molecule has 0 heterocycles. The molecule has 3 aromatic carbocycles. The van der Waals surface area contributed by atoms with E-state index in [-0.39, 0.29) is 21.4 Å². The van der Waals surface area contributed by atoms with Crippen molar-refractivity contribution in [3.63, 3.8) is 0 Å². The van der Waals surface area contributed by atoms with Gasteiger partial charge in [-0.2, -0.15) is 16.8 Å². The van der Waals surface area contributed by atoms with Crippen molar-refractivity contribution in [2.45, 2.75) is 14.7 Å². The van der Waals surface area contributed by atoms with Crippen LogP contribution in [0, 0.1) is 0 Å². The number of nitrogens with two attached hydrogens (primary N) is 1. The fraction of sp³-hybridized carbons (Fsp3) is 0.0588. The number of nitrogens with one attached hydrogen (secondary N) is 1. The third-order valence-electron chi connectivity index (χ3n) is 4.37. The molecular formula is C17H15FN4O10S3. The Labute approximate surface area is 200 Å². The predicted molar refractivity (Wildman–Crippen MR) is 121 cm³/mol. The first kappa shape index (κ1) is 26.5. The first-order valence-corrected chi connectivity index (χ1v) is 12.5. The van der Waals surface area contributed by atoms with Gasteiger partial charge in [0.15, 0.2) is 6.80 Å². The third kappa shape index (κ3) is 5.94. The van der Waals surface area contributed by atoms with Gasteiger partial charge in [0.05, 0.1) is 23.1 Å². The van der Waals surface area contributed by atoms with Gasteiger partial charge in [-0.1, -0.05) is 5.04 Å². The van der Waals surface area contributed by atoms with Crippen molar-refractivity contribution >= 4 is 65.8 Å². The Morgan fingerprint density at radius 3 is 2.31 bits per heavy atom. The molecule has 0 saturated heterocycles. The number of aromatic hydroxyl groups is 1. The number of alkyl halides is 1. The summed E-state index contributed by atoms with van der Waals surface area (Å²) in [7, 11) is -9.77. The van der Waals surface area contributed by atoms with E-state index in [2.05, 4.69) is 24.9 Å². The van der Waals surface area contributed by atoms with Gasteiger partial charge in [-0.3, -0.25) is 9.11 Å². The first-order chi connectivity index (χ1) is 16.4. The molecule has 0 aromatic heterocycles. The summed E-state index contributed by atoms with van der Waals surface area (Å²) in [4.78, 5) is -1.46. The van der Waals surface area contributed by atoms with Crippen molar-refractivity contribution in [3.8, 4) is 5.75 Å². The predicted octanol–water partition coefficient (Wildman–Crippen LogP) is 3.80. The highest BCUT2D eigenvalue weighted by atomic mass is 32.2. The second-order valence-electron chi connectivity index (χ2n) is 6.55. The number of anilines is 2. The molecule has 0 radical (unpaired) electrons. The van der Waals surface area contributed by atoms with Gasteiger partial charge in [0.25, 0.3) is 20.2 Å². The Hall–Kier alpha value is -3.10. The van der Waals surface area contributed by atoms with E-state index >= 15 is 0 Å². The van der Waals surface area contributed by atoms with Gasteiger partial charge < -0.3 is 16.2 Å². The fourth-order valence-electron chi connectivity index (χ4n) is 2.98. The Bertz CT molecular complexity index is 1530. The Balaban J connectivity index is 2.28. The second kappa shape index (κ2) is 10.3. The zero-order valence-electron chi connectivity index (χ0n) is 17.0. The largest absolute Gasteiger partial charge is 0.507 e. The van der Waals surface area contributed by atoms with Crippen LogP contribution in [0.1, 0.15) is 0 Å². The number of phenols is 1. The summed E-state index contributed by atoms with van der Waals surface area (Å²) >= 11 is 0.436. The van der Waals surface area contributed by atoms with Gasteiger partial charge in [-0.25, -0.2) is 9.65 Å². The van der Waals surface area contributed by atoms with Crippen molar-refractivity contribution in [1.29, 1.82) is 0 Å².